The van der Waals surface area contributed by atoms with Crippen molar-refractivity contribution >= 4 is 11.9 Å². The van der Waals surface area contributed by atoms with E-state index in [4.69, 9.17) is 9.57 Å². The fourth-order valence-corrected chi connectivity index (χ4v) is 2.72. The van der Waals surface area contributed by atoms with Gasteiger partial charge in [-0.3, -0.25) is 0 Å². The third kappa shape index (κ3) is 4.76. The highest BCUT2D eigenvalue weighted by atomic mass is 19.4. The highest BCUT2D eigenvalue weighted by molar-refractivity contribution is 5.79. The van der Waals surface area contributed by atoms with Gasteiger partial charge in [-0.05, 0) is 23.8 Å². The fourth-order valence-electron chi connectivity index (χ4n) is 2.72. The van der Waals surface area contributed by atoms with Crippen molar-refractivity contribution in [2.45, 2.75) is 12.8 Å². The lowest BCUT2D eigenvalue weighted by atomic mass is 10.1. The van der Waals surface area contributed by atoms with Gasteiger partial charge in [-0.2, -0.15) is 13.2 Å². The molecule has 1 fully saturated rings. The summed E-state index contributed by atoms with van der Waals surface area (Å²) < 4.78 is 44.1. The van der Waals surface area contributed by atoms with E-state index in [9.17, 15) is 13.2 Å². The van der Waals surface area contributed by atoms with Crippen molar-refractivity contribution < 1.29 is 22.7 Å². The first-order valence-corrected chi connectivity index (χ1v) is 8.27. The topological polar surface area (TPSA) is 34.1 Å². The Kier molecular flexibility index (Phi) is 5.78. The molecule has 1 aliphatic rings. The summed E-state index contributed by atoms with van der Waals surface area (Å²) in [4.78, 5) is 7.28. The number of oxime groups is 1. The first kappa shape index (κ1) is 18.3. The average molecular weight is 364 g/mol. The summed E-state index contributed by atoms with van der Waals surface area (Å²) in [6.45, 7) is 2.91. The van der Waals surface area contributed by atoms with Crippen LogP contribution >= 0.6 is 0 Å². The highest BCUT2D eigenvalue weighted by Gasteiger charge is 2.32. The summed E-state index contributed by atoms with van der Waals surface area (Å²) in [6.07, 6.45) is -2.92. The maximum Gasteiger partial charge on any atom is 0.416 e. The van der Waals surface area contributed by atoms with Crippen molar-refractivity contribution in [3.63, 3.8) is 0 Å². The second kappa shape index (κ2) is 8.23. The van der Waals surface area contributed by atoms with Gasteiger partial charge < -0.3 is 14.5 Å². The van der Waals surface area contributed by atoms with E-state index in [1.165, 1.54) is 18.3 Å². The molecule has 0 N–H and O–H groups in total. The number of nitrogens with zero attached hydrogens (tertiary/aromatic N) is 2. The van der Waals surface area contributed by atoms with E-state index >= 15 is 0 Å². The molecule has 0 radical (unpaired) electrons. The Morgan fingerprint density at radius 3 is 2.42 bits per heavy atom. The van der Waals surface area contributed by atoms with Gasteiger partial charge in [-0.1, -0.05) is 35.5 Å². The zero-order valence-electron chi connectivity index (χ0n) is 14.1. The van der Waals surface area contributed by atoms with Crippen molar-refractivity contribution in [3.05, 3.63) is 65.2 Å². The SMILES string of the molecule is FC(F)(F)c1ccccc1CO/N=C/c1ccc(N2CCOCC2)cc1. The molecule has 1 heterocycles. The lowest BCUT2D eigenvalue weighted by molar-refractivity contribution is -0.138. The molecular formula is C19H19F3N2O2. The Bertz CT molecular complexity index is 739. The summed E-state index contributed by atoms with van der Waals surface area (Å²) in [5.41, 5.74) is 1.27. The van der Waals surface area contributed by atoms with Crippen LogP contribution in [0, 0.1) is 0 Å². The van der Waals surface area contributed by atoms with E-state index in [0.29, 0.717) is 0 Å². The summed E-state index contributed by atoms with van der Waals surface area (Å²) >= 11 is 0. The molecule has 0 atom stereocenters. The van der Waals surface area contributed by atoms with Crippen molar-refractivity contribution in [1.29, 1.82) is 0 Å². The number of halogens is 3. The predicted octanol–water partition coefficient (Wildman–Crippen LogP) is 4.09. The number of alkyl halides is 3. The molecule has 4 nitrogen and oxygen atoms in total. The van der Waals surface area contributed by atoms with Crippen LogP contribution in [0.2, 0.25) is 0 Å². The molecule has 7 heteroatoms. The Hall–Kier alpha value is -2.54. The van der Waals surface area contributed by atoms with Crippen molar-refractivity contribution in [2.75, 3.05) is 31.2 Å². The molecule has 0 spiro atoms. The fraction of sp³-hybridized carbons (Fsp3) is 0.316. The van der Waals surface area contributed by atoms with Crippen molar-refractivity contribution in [1.82, 2.24) is 0 Å². The normalized spacial score (nSPS) is 15.4. The van der Waals surface area contributed by atoms with Gasteiger partial charge in [-0.25, -0.2) is 0 Å². The molecular weight excluding hydrogens is 345 g/mol. The van der Waals surface area contributed by atoms with Crippen LogP contribution in [0.15, 0.2) is 53.7 Å². The minimum Gasteiger partial charge on any atom is -0.391 e. The van der Waals surface area contributed by atoms with Gasteiger partial charge in [0.15, 0.2) is 0 Å². The first-order valence-electron chi connectivity index (χ1n) is 8.27. The number of rotatable bonds is 5. The van der Waals surface area contributed by atoms with Gasteiger partial charge in [0.05, 0.1) is 25.0 Å². The highest BCUT2D eigenvalue weighted by Crippen LogP contribution is 2.32. The van der Waals surface area contributed by atoms with Crippen LogP contribution in [0.4, 0.5) is 18.9 Å². The molecule has 2 aromatic carbocycles. The number of hydrogen-bond donors (Lipinski definition) is 0. The molecule has 26 heavy (non-hydrogen) atoms. The van der Waals surface area contributed by atoms with E-state index in [1.54, 1.807) is 6.07 Å². The van der Waals surface area contributed by atoms with Gasteiger partial charge in [0, 0.05) is 24.3 Å². The summed E-state index contributed by atoms with van der Waals surface area (Å²) in [7, 11) is 0. The molecule has 0 aromatic heterocycles. The van der Waals surface area contributed by atoms with Crippen molar-refractivity contribution in [3.8, 4) is 0 Å². The van der Waals surface area contributed by atoms with Crippen molar-refractivity contribution in [2.24, 2.45) is 5.16 Å². The quantitative estimate of drug-likeness (QED) is 0.592. The lowest BCUT2D eigenvalue weighted by Crippen LogP contribution is -2.36. The molecule has 2 aromatic rings. The minimum absolute atomic E-state index is 0.0554. The zero-order valence-corrected chi connectivity index (χ0v) is 14.1. The van der Waals surface area contributed by atoms with Crippen LogP contribution in [-0.4, -0.2) is 32.5 Å². The minimum atomic E-state index is -4.40. The lowest BCUT2D eigenvalue weighted by Gasteiger charge is -2.28. The molecule has 3 rings (SSSR count). The number of morpholine rings is 1. The van der Waals surface area contributed by atoms with Crippen LogP contribution in [-0.2, 0) is 22.4 Å². The number of anilines is 1. The largest absolute Gasteiger partial charge is 0.416 e. The molecule has 138 valence electrons. The van der Waals surface area contributed by atoms with Crippen LogP contribution < -0.4 is 4.90 Å². The molecule has 0 bridgehead atoms. The number of hydrogen-bond acceptors (Lipinski definition) is 4. The van der Waals surface area contributed by atoms with Gasteiger partial charge in [-0.15, -0.1) is 0 Å². The first-order chi connectivity index (χ1) is 12.5. The van der Waals surface area contributed by atoms with E-state index in [-0.39, 0.29) is 12.2 Å². The monoisotopic (exact) mass is 364 g/mol. The van der Waals surface area contributed by atoms with E-state index in [1.807, 2.05) is 24.3 Å². The van der Waals surface area contributed by atoms with E-state index < -0.39 is 11.7 Å². The standard InChI is InChI=1S/C19H19F3N2O2/c20-19(21,22)18-4-2-1-3-16(18)14-26-23-13-15-5-7-17(8-6-15)24-9-11-25-12-10-24/h1-8,13H,9-12,14H2/b23-13+. The Labute approximate surface area is 149 Å². The molecule has 0 aliphatic carbocycles. The van der Waals surface area contributed by atoms with Gasteiger partial charge in [0.2, 0.25) is 0 Å². The maximum absolute atomic E-state index is 12.9. The van der Waals surface area contributed by atoms with Crippen LogP contribution in [0.25, 0.3) is 0 Å². The summed E-state index contributed by atoms with van der Waals surface area (Å²) in [5, 5.41) is 3.78. The van der Waals surface area contributed by atoms with Crippen LogP contribution in [0.3, 0.4) is 0 Å². The number of benzene rings is 2. The van der Waals surface area contributed by atoms with Crippen LogP contribution in [0.1, 0.15) is 16.7 Å². The Morgan fingerprint density at radius 1 is 1.04 bits per heavy atom. The summed E-state index contributed by atoms with van der Waals surface area (Å²) in [6, 6.07) is 13.1. The Balaban J connectivity index is 1.56. The third-order valence-electron chi connectivity index (χ3n) is 4.09. The molecule has 0 unspecified atom stereocenters. The zero-order chi connectivity index (χ0) is 18.4. The molecule has 0 amide bonds. The summed E-state index contributed by atoms with van der Waals surface area (Å²) in [5.74, 6) is 0. The van der Waals surface area contributed by atoms with E-state index in [2.05, 4.69) is 10.1 Å². The number of ether oxygens (including phenoxy) is 1. The second-order valence-electron chi connectivity index (χ2n) is 5.85. The van der Waals surface area contributed by atoms with Gasteiger partial charge >= 0.3 is 6.18 Å². The molecule has 0 saturated carbocycles. The van der Waals surface area contributed by atoms with Crippen LogP contribution in [0.5, 0.6) is 0 Å². The molecule has 1 saturated heterocycles. The maximum atomic E-state index is 12.9. The predicted molar refractivity (Wildman–Crippen MR) is 93.3 cm³/mol. The van der Waals surface area contributed by atoms with Gasteiger partial charge in [0.1, 0.15) is 6.61 Å². The Morgan fingerprint density at radius 2 is 1.73 bits per heavy atom. The van der Waals surface area contributed by atoms with Gasteiger partial charge in [0.25, 0.3) is 0 Å². The third-order valence-corrected chi connectivity index (χ3v) is 4.09. The smallest absolute Gasteiger partial charge is 0.391 e. The second-order valence-corrected chi connectivity index (χ2v) is 5.85. The van der Waals surface area contributed by atoms with E-state index in [0.717, 1.165) is 43.6 Å². The average Bonchev–Trinajstić information content (AvgIpc) is 2.66. The molecule has 1 aliphatic heterocycles.